The van der Waals surface area contributed by atoms with E-state index in [-0.39, 0.29) is 24.0 Å². The maximum atomic E-state index is 12.3. The Bertz CT molecular complexity index is 1030. The average Bonchev–Trinajstić information content (AvgIpc) is 3.23. The number of hydrogen-bond donors (Lipinski definition) is 3. The highest BCUT2D eigenvalue weighted by Gasteiger charge is 2.50. The number of nitrogens with zero attached hydrogens (tertiary/aromatic N) is 4. The normalized spacial score (nSPS) is 21.9. The van der Waals surface area contributed by atoms with Gasteiger partial charge in [-0.25, -0.2) is 9.67 Å². The van der Waals surface area contributed by atoms with Crippen LogP contribution in [0.3, 0.4) is 0 Å². The van der Waals surface area contributed by atoms with Crippen molar-refractivity contribution >= 4 is 5.97 Å². The summed E-state index contributed by atoms with van der Waals surface area (Å²) in [5.41, 5.74) is 8.15. The van der Waals surface area contributed by atoms with Crippen LogP contribution in [-0.2, 0) is 16.0 Å². The second-order valence-corrected chi connectivity index (χ2v) is 10.6. The molecule has 0 spiro atoms. The number of aliphatic hydroxyl groups is 1. The molecule has 0 saturated heterocycles. The Morgan fingerprint density at radius 3 is 2.82 bits per heavy atom. The zero-order chi connectivity index (χ0) is 24.1. The van der Waals surface area contributed by atoms with Crippen LogP contribution in [0.2, 0.25) is 0 Å². The molecule has 33 heavy (non-hydrogen) atoms. The zero-order valence-electron chi connectivity index (χ0n) is 19.9. The Kier molecular flexibility index (Phi) is 6.19. The summed E-state index contributed by atoms with van der Waals surface area (Å²) in [6.07, 6.45) is 5.00. The Balaban J connectivity index is 1.56. The van der Waals surface area contributed by atoms with E-state index in [1.165, 1.54) is 18.6 Å². The van der Waals surface area contributed by atoms with Crippen LogP contribution in [0.4, 0.5) is 0 Å². The molecular formula is C23H34N6O4. The van der Waals surface area contributed by atoms with E-state index in [0.29, 0.717) is 28.1 Å². The minimum atomic E-state index is -1.07. The third kappa shape index (κ3) is 4.73. The molecule has 2 aliphatic rings. The van der Waals surface area contributed by atoms with E-state index in [2.05, 4.69) is 15.4 Å². The van der Waals surface area contributed by atoms with Crippen molar-refractivity contribution in [2.24, 2.45) is 23.0 Å². The van der Waals surface area contributed by atoms with Crippen LogP contribution < -0.4 is 15.8 Å². The van der Waals surface area contributed by atoms with Crippen molar-refractivity contribution in [2.45, 2.75) is 71.7 Å². The first-order chi connectivity index (χ1) is 15.5. The number of aliphatic hydroxyl groups excluding tert-OH is 1. The van der Waals surface area contributed by atoms with Gasteiger partial charge < -0.3 is 20.8 Å². The van der Waals surface area contributed by atoms with Gasteiger partial charge in [-0.3, -0.25) is 10.1 Å². The van der Waals surface area contributed by atoms with Gasteiger partial charge in [0.25, 0.3) is 0 Å². The molecule has 4 rings (SSSR count). The highest BCUT2D eigenvalue weighted by molar-refractivity contribution is 5.75. The van der Waals surface area contributed by atoms with Gasteiger partial charge >= 0.3 is 5.97 Å². The molecule has 2 aliphatic carbocycles. The molecule has 1 saturated carbocycles. The molecule has 2 aromatic heterocycles. The van der Waals surface area contributed by atoms with Crippen molar-refractivity contribution < 1.29 is 19.4 Å². The zero-order valence-corrected chi connectivity index (χ0v) is 19.9. The molecule has 0 aromatic carbocycles. The maximum absolute atomic E-state index is 12.3. The first-order valence-electron chi connectivity index (χ1n) is 11.5. The third-order valence-corrected chi connectivity index (χ3v) is 6.72. The standard InChI is InChI=1S/C23H34N6O4/c1-12(2)18(24)22(31)33-11-16(23(3,4)5)26-21(30)19-15-9-13-8-14(13)20(15)29(27-19)17-10-28(32)7-6-25-17/h6-7,10,12-14,16,18,21,26,30H,8-9,11,24H2,1-5H3/t13-,14-,16+,18-,21?/m0/s1. The van der Waals surface area contributed by atoms with Gasteiger partial charge in [0.15, 0.2) is 12.4 Å². The van der Waals surface area contributed by atoms with E-state index in [0.717, 1.165) is 24.1 Å². The Hall–Kier alpha value is -2.56. The molecular weight excluding hydrogens is 424 g/mol. The van der Waals surface area contributed by atoms with Crippen LogP contribution in [0.15, 0.2) is 18.6 Å². The maximum Gasteiger partial charge on any atom is 0.323 e. The molecule has 0 aliphatic heterocycles. The highest BCUT2D eigenvalue weighted by Crippen LogP contribution is 2.57. The molecule has 2 heterocycles. The number of nitrogens with one attached hydrogen (secondary N) is 1. The number of carbonyl (C=O) groups is 1. The highest BCUT2D eigenvalue weighted by atomic mass is 16.5. The SMILES string of the molecule is CC(C)[C@H](N)C(=O)OC[C@@H](NC(O)c1nn(-c2c[n+]([O-])ccn2)c2c1C[C@@H]1C[C@H]21)C(C)(C)C. The van der Waals surface area contributed by atoms with Gasteiger partial charge in [0.2, 0.25) is 12.0 Å². The van der Waals surface area contributed by atoms with Crippen molar-refractivity contribution in [1.82, 2.24) is 20.1 Å². The molecule has 2 aromatic rings. The largest absolute Gasteiger partial charge is 0.619 e. The molecule has 0 radical (unpaired) electrons. The summed E-state index contributed by atoms with van der Waals surface area (Å²) < 4.78 is 7.86. The molecule has 10 heteroatoms. The number of esters is 1. The minimum absolute atomic E-state index is 0.0264. The summed E-state index contributed by atoms with van der Waals surface area (Å²) >= 11 is 0. The molecule has 0 amide bonds. The van der Waals surface area contributed by atoms with Gasteiger partial charge in [-0.05, 0) is 30.1 Å². The number of aromatic nitrogens is 4. The number of fused-ring (bicyclic) bond motifs is 3. The lowest BCUT2D eigenvalue weighted by atomic mass is 9.87. The first kappa shape index (κ1) is 23.6. The quantitative estimate of drug-likeness (QED) is 0.231. The van der Waals surface area contributed by atoms with Gasteiger partial charge in [-0.1, -0.05) is 34.6 Å². The van der Waals surface area contributed by atoms with E-state index in [9.17, 15) is 15.1 Å². The number of hydrogen-bond acceptors (Lipinski definition) is 8. The molecule has 180 valence electrons. The summed E-state index contributed by atoms with van der Waals surface area (Å²) in [5.74, 6) is 0.879. The van der Waals surface area contributed by atoms with E-state index in [1.807, 2.05) is 34.6 Å². The summed E-state index contributed by atoms with van der Waals surface area (Å²) in [6, 6.07) is -1.03. The molecule has 4 N–H and O–H groups in total. The van der Waals surface area contributed by atoms with Crippen LogP contribution in [0, 0.1) is 22.5 Å². The summed E-state index contributed by atoms with van der Waals surface area (Å²) in [6.45, 7) is 9.83. The second kappa shape index (κ2) is 8.66. The van der Waals surface area contributed by atoms with Crippen molar-refractivity contribution in [1.29, 1.82) is 0 Å². The van der Waals surface area contributed by atoms with Crippen LogP contribution in [-0.4, -0.2) is 44.5 Å². The number of rotatable bonds is 8. The van der Waals surface area contributed by atoms with E-state index < -0.39 is 18.2 Å². The lowest BCUT2D eigenvalue weighted by molar-refractivity contribution is -0.605. The Labute approximate surface area is 193 Å². The topological polar surface area (TPSA) is 142 Å². The first-order valence-corrected chi connectivity index (χ1v) is 11.5. The molecule has 5 atom stereocenters. The Morgan fingerprint density at radius 2 is 2.18 bits per heavy atom. The fourth-order valence-electron chi connectivity index (χ4n) is 4.36. The predicted molar refractivity (Wildman–Crippen MR) is 120 cm³/mol. The summed E-state index contributed by atoms with van der Waals surface area (Å²) in [7, 11) is 0. The minimum Gasteiger partial charge on any atom is -0.619 e. The fourth-order valence-corrected chi connectivity index (χ4v) is 4.36. The predicted octanol–water partition coefficient (Wildman–Crippen LogP) is 1.08. The third-order valence-electron chi connectivity index (χ3n) is 6.72. The molecule has 1 fully saturated rings. The van der Waals surface area contributed by atoms with E-state index in [1.54, 1.807) is 4.68 Å². The number of carbonyl (C=O) groups excluding carboxylic acids is 1. The van der Waals surface area contributed by atoms with Crippen LogP contribution >= 0.6 is 0 Å². The lowest BCUT2D eigenvalue weighted by Crippen LogP contribution is -2.47. The Morgan fingerprint density at radius 1 is 1.45 bits per heavy atom. The van der Waals surface area contributed by atoms with Gasteiger partial charge in [-0.2, -0.15) is 9.83 Å². The van der Waals surface area contributed by atoms with E-state index in [4.69, 9.17) is 10.5 Å². The molecule has 0 bridgehead atoms. The number of nitrogens with two attached hydrogens (primary N) is 1. The van der Waals surface area contributed by atoms with Crippen molar-refractivity contribution in [2.75, 3.05) is 6.61 Å². The van der Waals surface area contributed by atoms with E-state index >= 15 is 0 Å². The summed E-state index contributed by atoms with van der Waals surface area (Å²) in [5, 5.41) is 30.8. The summed E-state index contributed by atoms with van der Waals surface area (Å²) in [4.78, 5) is 16.6. The fraction of sp³-hybridized carbons (Fsp3) is 0.652. The smallest absolute Gasteiger partial charge is 0.323 e. The molecule has 10 nitrogen and oxygen atoms in total. The lowest BCUT2D eigenvalue weighted by Gasteiger charge is -2.33. The van der Waals surface area contributed by atoms with Crippen LogP contribution in [0.25, 0.3) is 5.82 Å². The second-order valence-electron chi connectivity index (χ2n) is 10.6. The molecule has 1 unspecified atom stereocenters. The number of ether oxygens (including phenoxy) is 1. The average molecular weight is 459 g/mol. The van der Waals surface area contributed by atoms with Gasteiger partial charge in [-0.15, -0.1) is 0 Å². The van der Waals surface area contributed by atoms with Gasteiger partial charge in [0.1, 0.15) is 18.3 Å². The monoisotopic (exact) mass is 458 g/mol. The van der Waals surface area contributed by atoms with Gasteiger partial charge in [0, 0.05) is 17.5 Å². The van der Waals surface area contributed by atoms with Crippen molar-refractivity contribution in [3.05, 3.63) is 40.7 Å². The van der Waals surface area contributed by atoms with Gasteiger partial charge in [0.05, 0.1) is 11.9 Å². The van der Waals surface area contributed by atoms with Crippen LogP contribution in [0.1, 0.15) is 70.1 Å². The van der Waals surface area contributed by atoms with Crippen LogP contribution in [0.5, 0.6) is 0 Å². The van der Waals surface area contributed by atoms with Crippen molar-refractivity contribution in [3.8, 4) is 5.82 Å². The van der Waals surface area contributed by atoms with Crippen molar-refractivity contribution in [3.63, 3.8) is 0 Å².